The third kappa shape index (κ3) is 3.42. The molecule has 2 heterocycles. The molecule has 2 N–H and O–H groups in total. The zero-order chi connectivity index (χ0) is 15.4. The average molecular weight is 320 g/mol. The third-order valence-electron chi connectivity index (χ3n) is 3.66. The summed E-state index contributed by atoms with van der Waals surface area (Å²) in [6.07, 6.45) is 1.62. The summed E-state index contributed by atoms with van der Waals surface area (Å²) >= 11 is 1.44. The molecule has 1 fully saturated rings. The maximum atomic E-state index is 11.2. The van der Waals surface area contributed by atoms with Gasteiger partial charge in [-0.15, -0.1) is 11.8 Å². The number of furan rings is 1. The predicted octanol–water partition coefficient (Wildman–Crippen LogP) is 1.86. The van der Waals surface area contributed by atoms with E-state index in [-0.39, 0.29) is 10.6 Å². The second kappa shape index (κ2) is 6.85. The molecular formula is C15H18N3O3S+. The smallest absolute Gasteiger partial charge is 0.283 e. The van der Waals surface area contributed by atoms with Crippen LogP contribution in [0.1, 0.15) is 5.76 Å². The molecular weight excluding hydrogens is 302 g/mol. The van der Waals surface area contributed by atoms with Gasteiger partial charge in [-0.05, 0) is 24.3 Å². The second-order valence-electron chi connectivity index (χ2n) is 5.13. The van der Waals surface area contributed by atoms with Crippen LogP contribution in [0.4, 0.5) is 11.4 Å². The lowest BCUT2D eigenvalue weighted by molar-refractivity contribution is -0.655. The lowest BCUT2D eigenvalue weighted by atomic mass is 10.2. The number of nitro groups is 1. The van der Waals surface area contributed by atoms with Gasteiger partial charge in [0.1, 0.15) is 5.76 Å². The van der Waals surface area contributed by atoms with Gasteiger partial charge in [-0.1, -0.05) is 0 Å². The van der Waals surface area contributed by atoms with Crippen LogP contribution in [0.15, 0.2) is 45.9 Å². The highest BCUT2D eigenvalue weighted by atomic mass is 32.2. The molecule has 116 valence electrons. The summed E-state index contributed by atoms with van der Waals surface area (Å²) in [7, 11) is 0. The first kappa shape index (κ1) is 14.9. The van der Waals surface area contributed by atoms with Crippen molar-refractivity contribution in [2.24, 2.45) is 0 Å². The molecule has 1 aromatic heterocycles. The molecule has 0 aliphatic carbocycles. The Bertz CT molecular complexity index is 639. The number of nitrogens with two attached hydrogens (primary N) is 1. The minimum absolute atomic E-state index is 0.156. The summed E-state index contributed by atoms with van der Waals surface area (Å²) in [5.41, 5.74) is 1.21. The second-order valence-corrected chi connectivity index (χ2v) is 6.15. The monoisotopic (exact) mass is 320 g/mol. The van der Waals surface area contributed by atoms with Crippen molar-refractivity contribution in [2.45, 2.75) is 10.6 Å². The van der Waals surface area contributed by atoms with Crippen LogP contribution >= 0.6 is 11.8 Å². The molecule has 1 aliphatic rings. The van der Waals surface area contributed by atoms with Crippen LogP contribution in [0.25, 0.3) is 0 Å². The van der Waals surface area contributed by atoms with Crippen LogP contribution in [0.5, 0.6) is 0 Å². The summed E-state index contributed by atoms with van der Waals surface area (Å²) in [4.78, 5) is 13.9. The first-order valence-electron chi connectivity index (χ1n) is 7.24. The van der Waals surface area contributed by atoms with Crippen LogP contribution in [-0.2, 0) is 5.75 Å². The number of anilines is 1. The summed E-state index contributed by atoms with van der Waals surface area (Å²) in [5.74, 6) is 1.41. The molecule has 2 aromatic rings. The molecule has 1 aromatic carbocycles. The molecule has 0 unspecified atom stereocenters. The van der Waals surface area contributed by atoms with E-state index in [0.717, 1.165) is 37.6 Å². The minimum Gasteiger partial charge on any atom is -0.468 e. The van der Waals surface area contributed by atoms with E-state index in [4.69, 9.17) is 4.42 Å². The largest absolute Gasteiger partial charge is 0.468 e. The molecule has 3 rings (SSSR count). The van der Waals surface area contributed by atoms with Gasteiger partial charge in [-0.25, -0.2) is 0 Å². The first-order chi connectivity index (χ1) is 10.7. The molecule has 22 heavy (non-hydrogen) atoms. The van der Waals surface area contributed by atoms with Crippen molar-refractivity contribution in [3.63, 3.8) is 0 Å². The van der Waals surface area contributed by atoms with Crippen molar-refractivity contribution in [2.75, 3.05) is 31.1 Å². The molecule has 6 nitrogen and oxygen atoms in total. The Hall–Kier alpha value is -1.99. The maximum absolute atomic E-state index is 11.2. The molecule has 1 aliphatic heterocycles. The van der Waals surface area contributed by atoms with E-state index in [2.05, 4.69) is 10.2 Å². The fraction of sp³-hybridized carbons (Fsp3) is 0.333. The Morgan fingerprint density at radius 3 is 2.82 bits per heavy atom. The van der Waals surface area contributed by atoms with Gasteiger partial charge in [-0.3, -0.25) is 10.1 Å². The van der Waals surface area contributed by atoms with E-state index in [9.17, 15) is 10.1 Å². The van der Waals surface area contributed by atoms with Gasteiger partial charge in [0.15, 0.2) is 0 Å². The Morgan fingerprint density at radius 1 is 1.32 bits per heavy atom. The van der Waals surface area contributed by atoms with Crippen molar-refractivity contribution in [1.82, 2.24) is 0 Å². The Labute approximate surface area is 132 Å². The van der Waals surface area contributed by atoms with Crippen LogP contribution in [0, 0.1) is 10.1 Å². The third-order valence-corrected chi connectivity index (χ3v) is 4.73. The van der Waals surface area contributed by atoms with E-state index in [1.807, 2.05) is 24.3 Å². The fourth-order valence-corrected chi connectivity index (χ4v) is 3.47. The Kier molecular flexibility index (Phi) is 4.65. The van der Waals surface area contributed by atoms with E-state index < -0.39 is 0 Å². The number of piperazine rings is 1. The molecule has 0 radical (unpaired) electrons. The first-order valence-corrected chi connectivity index (χ1v) is 8.23. The number of hydrogen-bond donors (Lipinski definition) is 1. The van der Waals surface area contributed by atoms with Gasteiger partial charge >= 0.3 is 0 Å². The number of nitro benzene ring substituents is 1. The van der Waals surface area contributed by atoms with E-state index in [1.165, 1.54) is 11.8 Å². The number of nitrogens with zero attached hydrogens (tertiary/aromatic N) is 2. The number of hydrogen-bond acceptors (Lipinski definition) is 5. The van der Waals surface area contributed by atoms with Crippen LogP contribution in [0.3, 0.4) is 0 Å². The van der Waals surface area contributed by atoms with Crippen molar-refractivity contribution in [1.29, 1.82) is 0 Å². The number of quaternary nitrogens is 1. The SMILES string of the molecule is O=[N+]([O-])c1ccc(N2CC[NH2+]CC2)cc1SCc1ccco1. The Balaban J connectivity index is 1.81. The zero-order valence-corrected chi connectivity index (χ0v) is 12.9. The van der Waals surface area contributed by atoms with Gasteiger partial charge in [0.2, 0.25) is 0 Å². The molecule has 0 bridgehead atoms. The normalized spacial score (nSPS) is 15.0. The van der Waals surface area contributed by atoms with Gasteiger partial charge in [-0.2, -0.15) is 0 Å². The van der Waals surface area contributed by atoms with Gasteiger partial charge in [0.05, 0.1) is 48.0 Å². The molecule has 0 spiro atoms. The average Bonchev–Trinajstić information content (AvgIpc) is 3.07. The maximum Gasteiger partial charge on any atom is 0.283 e. The summed E-state index contributed by atoms with van der Waals surface area (Å²) < 4.78 is 5.30. The van der Waals surface area contributed by atoms with E-state index >= 15 is 0 Å². The van der Waals surface area contributed by atoms with Gasteiger partial charge in [0.25, 0.3) is 5.69 Å². The Morgan fingerprint density at radius 2 is 2.14 bits per heavy atom. The highest BCUT2D eigenvalue weighted by molar-refractivity contribution is 7.98. The summed E-state index contributed by atoms with van der Waals surface area (Å²) in [6.45, 7) is 4.07. The zero-order valence-electron chi connectivity index (χ0n) is 12.1. The van der Waals surface area contributed by atoms with E-state index in [0.29, 0.717) is 10.6 Å². The molecule has 0 amide bonds. The number of benzene rings is 1. The highest BCUT2D eigenvalue weighted by Gasteiger charge is 2.19. The van der Waals surface area contributed by atoms with Crippen molar-refractivity contribution in [3.8, 4) is 0 Å². The van der Waals surface area contributed by atoms with Gasteiger partial charge < -0.3 is 14.6 Å². The number of thioether (sulfide) groups is 1. The fourth-order valence-electron chi connectivity index (χ4n) is 2.52. The molecule has 7 heteroatoms. The van der Waals surface area contributed by atoms with Gasteiger partial charge in [0, 0.05) is 11.8 Å². The summed E-state index contributed by atoms with van der Waals surface area (Å²) in [6, 6.07) is 9.09. The minimum atomic E-state index is -0.321. The highest BCUT2D eigenvalue weighted by Crippen LogP contribution is 2.34. The van der Waals surface area contributed by atoms with Crippen molar-refractivity contribution in [3.05, 3.63) is 52.5 Å². The summed E-state index contributed by atoms with van der Waals surface area (Å²) in [5, 5.41) is 13.5. The topological polar surface area (TPSA) is 76.1 Å². The molecule has 1 saturated heterocycles. The molecule has 0 atom stereocenters. The molecule has 0 saturated carbocycles. The van der Waals surface area contributed by atoms with Crippen LogP contribution in [0.2, 0.25) is 0 Å². The number of rotatable bonds is 5. The van der Waals surface area contributed by atoms with Crippen molar-refractivity contribution < 1.29 is 14.7 Å². The predicted molar refractivity (Wildman–Crippen MR) is 85.2 cm³/mol. The van der Waals surface area contributed by atoms with Crippen LogP contribution < -0.4 is 10.2 Å². The van der Waals surface area contributed by atoms with Crippen LogP contribution in [-0.4, -0.2) is 31.1 Å². The lowest BCUT2D eigenvalue weighted by Gasteiger charge is -2.27. The lowest BCUT2D eigenvalue weighted by Crippen LogP contribution is -2.89. The van der Waals surface area contributed by atoms with Crippen molar-refractivity contribution >= 4 is 23.1 Å². The quantitative estimate of drug-likeness (QED) is 0.517. The standard InChI is InChI=1S/C15H17N3O3S/c19-18(20)14-4-3-12(17-7-5-16-6-8-17)10-15(14)22-11-13-2-1-9-21-13/h1-4,9-10,16H,5-8,11H2/p+1. The van der Waals surface area contributed by atoms with E-state index in [1.54, 1.807) is 12.3 Å².